The van der Waals surface area contributed by atoms with Crippen LogP contribution in [0.25, 0.3) is 0 Å². The minimum Gasteiger partial charge on any atom is -0.439 e. The van der Waals surface area contributed by atoms with Crippen molar-refractivity contribution >= 4 is 17.5 Å². The van der Waals surface area contributed by atoms with Crippen LogP contribution in [-0.4, -0.2) is 22.4 Å². The molecule has 0 aliphatic heterocycles. The normalized spacial score (nSPS) is 13.8. The average Bonchev–Trinajstić information content (AvgIpc) is 3.29. The highest BCUT2D eigenvalue weighted by molar-refractivity contribution is 6.28. The standard InChI is InChI=1S/C15H14ClN3O2/c16-15-18-12(14(20)17-9-10-6-7-10)8-13(19-15)21-11-4-2-1-3-5-11/h1-5,8,10H,6-7,9H2,(H,17,20). The van der Waals surface area contributed by atoms with Crippen LogP contribution in [0.1, 0.15) is 23.3 Å². The lowest BCUT2D eigenvalue weighted by atomic mass is 10.3. The van der Waals surface area contributed by atoms with Gasteiger partial charge in [-0.05, 0) is 42.5 Å². The molecule has 1 aliphatic carbocycles. The topological polar surface area (TPSA) is 64.1 Å². The zero-order chi connectivity index (χ0) is 14.7. The second-order valence-corrected chi connectivity index (χ2v) is 5.27. The van der Waals surface area contributed by atoms with E-state index >= 15 is 0 Å². The second-order valence-electron chi connectivity index (χ2n) is 4.93. The fourth-order valence-corrected chi connectivity index (χ4v) is 2.00. The number of aromatic nitrogens is 2. The van der Waals surface area contributed by atoms with Crippen molar-refractivity contribution in [2.24, 2.45) is 5.92 Å². The van der Waals surface area contributed by atoms with Crippen LogP contribution in [0.5, 0.6) is 11.6 Å². The molecule has 1 fully saturated rings. The molecule has 0 unspecified atom stereocenters. The van der Waals surface area contributed by atoms with Crippen molar-refractivity contribution in [3.8, 4) is 11.6 Å². The summed E-state index contributed by atoms with van der Waals surface area (Å²) in [5, 5.41) is 2.82. The van der Waals surface area contributed by atoms with Gasteiger partial charge in [0.15, 0.2) is 0 Å². The minimum atomic E-state index is -0.260. The predicted molar refractivity (Wildman–Crippen MR) is 78.6 cm³/mol. The number of rotatable bonds is 5. The van der Waals surface area contributed by atoms with Crippen LogP contribution in [0.15, 0.2) is 36.4 Å². The summed E-state index contributed by atoms with van der Waals surface area (Å²) >= 11 is 5.85. The zero-order valence-corrected chi connectivity index (χ0v) is 12.0. The minimum absolute atomic E-state index is 0.0139. The van der Waals surface area contributed by atoms with E-state index in [1.165, 1.54) is 18.9 Å². The van der Waals surface area contributed by atoms with Gasteiger partial charge < -0.3 is 10.1 Å². The van der Waals surface area contributed by atoms with E-state index in [4.69, 9.17) is 16.3 Å². The quantitative estimate of drug-likeness (QED) is 0.862. The molecule has 3 rings (SSSR count). The van der Waals surface area contributed by atoms with Gasteiger partial charge in [-0.25, -0.2) is 4.98 Å². The maximum atomic E-state index is 12.0. The predicted octanol–water partition coefficient (Wildman–Crippen LogP) is 3.06. The van der Waals surface area contributed by atoms with Crippen LogP contribution in [0.3, 0.4) is 0 Å². The van der Waals surface area contributed by atoms with Crippen molar-refractivity contribution in [2.75, 3.05) is 6.54 Å². The van der Waals surface area contributed by atoms with E-state index in [-0.39, 0.29) is 22.8 Å². The lowest BCUT2D eigenvalue weighted by Gasteiger charge is -2.07. The molecule has 0 atom stereocenters. The van der Waals surface area contributed by atoms with Crippen molar-refractivity contribution in [2.45, 2.75) is 12.8 Å². The van der Waals surface area contributed by atoms with Crippen molar-refractivity contribution in [3.63, 3.8) is 0 Å². The fraction of sp³-hybridized carbons (Fsp3) is 0.267. The van der Waals surface area contributed by atoms with E-state index in [0.29, 0.717) is 18.2 Å². The molecule has 1 saturated carbocycles. The first-order chi connectivity index (χ1) is 10.2. The summed E-state index contributed by atoms with van der Waals surface area (Å²) in [6.07, 6.45) is 2.35. The SMILES string of the molecule is O=C(NCC1CC1)c1cc(Oc2ccccc2)nc(Cl)n1. The molecular weight excluding hydrogens is 290 g/mol. The molecule has 2 aromatic rings. The number of nitrogens with one attached hydrogen (secondary N) is 1. The summed E-state index contributed by atoms with van der Waals surface area (Å²) in [6, 6.07) is 10.7. The van der Waals surface area contributed by atoms with E-state index in [1.807, 2.05) is 18.2 Å². The van der Waals surface area contributed by atoms with Crippen molar-refractivity contribution in [1.82, 2.24) is 15.3 Å². The Bertz CT molecular complexity index is 645. The Balaban J connectivity index is 1.73. The number of carbonyl (C=O) groups excluding carboxylic acids is 1. The highest BCUT2D eigenvalue weighted by Gasteiger charge is 2.22. The largest absolute Gasteiger partial charge is 0.439 e. The van der Waals surface area contributed by atoms with Crippen LogP contribution in [0.4, 0.5) is 0 Å². The number of hydrogen-bond acceptors (Lipinski definition) is 4. The lowest BCUT2D eigenvalue weighted by molar-refractivity contribution is 0.0946. The number of ether oxygens (including phenoxy) is 1. The number of nitrogens with zero attached hydrogens (tertiary/aromatic N) is 2. The third-order valence-corrected chi connectivity index (χ3v) is 3.29. The van der Waals surface area contributed by atoms with Gasteiger partial charge >= 0.3 is 0 Å². The molecule has 0 radical (unpaired) electrons. The highest BCUT2D eigenvalue weighted by Crippen LogP contribution is 2.27. The van der Waals surface area contributed by atoms with Crippen LogP contribution in [-0.2, 0) is 0 Å². The summed E-state index contributed by atoms with van der Waals surface area (Å²) in [5.41, 5.74) is 0.210. The molecule has 21 heavy (non-hydrogen) atoms. The maximum Gasteiger partial charge on any atom is 0.270 e. The Morgan fingerprint density at radius 1 is 1.29 bits per heavy atom. The summed E-state index contributed by atoms with van der Waals surface area (Å²) < 4.78 is 5.57. The third-order valence-electron chi connectivity index (χ3n) is 3.12. The van der Waals surface area contributed by atoms with E-state index < -0.39 is 0 Å². The highest BCUT2D eigenvalue weighted by atomic mass is 35.5. The number of hydrogen-bond donors (Lipinski definition) is 1. The monoisotopic (exact) mass is 303 g/mol. The molecule has 5 nitrogen and oxygen atoms in total. The molecule has 1 aromatic carbocycles. The Morgan fingerprint density at radius 2 is 2.05 bits per heavy atom. The van der Waals surface area contributed by atoms with Gasteiger partial charge in [0.2, 0.25) is 11.2 Å². The van der Waals surface area contributed by atoms with E-state index in [2.05, 4.69) is 15.3 Å². The van der Waals surface area contributed by atoms with Gasteiger partial charge in [-0.1, -0.05) is 18.2 Å². The number of benzene rings is 1. The summed E-state index contributed by atoms with van der Waals surface area (Å²) in [6.45, 7) is 0.676. The Kier molecular flexibility index (Phi) is 4.01. The molecule has 1 N–H and O–H groups in total. The van der Waals surface area contributed by atoms with Crippen LogP contribution in [0, 0.1) is 5.92 Å². The molecule has 0 bridgehead atoms. The van der Waals surface area contributed by atoms with Crippen LogP contribution < -0.4 is 10.1 Å². The number of carbonyl (C=O) groups is 1. The number of halogens is 1. The van der Waals surface area contributed by atoms with Gasteiger partial charge in [-0.3, -0.25) is 4.79 Å². The molecule has 0 spiro atoms. The van der Waals surface area contributed by atoms with E-state index in [9.17, 15) is 4.79 Å². The number of amides is 1. The van der Waals surface area contributed by atoms with Gasteiger partial charge in [0.25, 0.3) is 5.91 Å². The Hall–Kier alpha value is -2.14. The molecule has 6 heteroatoms. The second kappa shape index (κ2) is 6.10. The molecule has 1 amide bonds. The van der Waals surface area contributed by atoms with Gasteiger partial charge in [0, 0.05) is 12.6 Å². The first-order valence-corrected chi connectivity index (χ1v) is 7.14. The van der Waals surface area contributed by atoms with Gasteiger partial charge in [-0.15, -0.1) is 0 Å². The van der Waals surface area contributed by atoms with Gasteiger partial charge in [0.05, 0.1) is 0 Å². The summed E-state index contributed by atoms with van der Waals surface area (Å²) in [4.78, 5) is 19.9. The smallest absolute Gasteiger partial charge is 0.270 e. The lowest BCUT2D eigenvalue weighted by Crippen LogP contribution is -2.26. The third kappa shape index (κ3) is 3.92. The maximum absolute atomic E-state index is 12.0. The summed E-state index contributed by atoms with van der Waals surface area (Å²) in [5.74, 6) is 1.21. The molecule has 1 aromatic heterocycles. The Morgan fingerprint density at radius 3 is 2.76 bits per heavy atom. The average molecular weight is 304 g/mol. The molecule has 1 aliphatic rings. The molecule has 0 saturated heterocycles. The van der Waals surface area contributed by atoms with Crippen molar-refractivity contribution in [3.05, 3.63) is 47.4 Å². The first kappa shape index (κ1) is 13.8. The molecular formula is C15H14ClN3O2. The van der Waals surface area contributed by atoms with Crippen molar-refractivity contribution in [1.29, 1.82) is 0 Å². The van der Waals surface area contributed by atoms with E-state index in [1.54, 1.807) is 12.1 Å². The first-order valence-electron chi connectivity index (χ1n) is 6.76. The van der Waals surface area contributed by atoms with E-state index in [0.717, 1.165) is 0 Å². The summed E-state index contributed by atoms with van der Waals surface area (Å²) in [7, 11) is 0. The van der Waals surface area contributed by atoms with Crippen LogP contribution >= 0.6 is 11.6 Å². The van der Waals surface area contributed by atoms with Gasteiger partial charge in [-0.2, -0.15) is 4.98 Å². The number of para-hydroxylation sites is 1. The van der Waals surface area contributed by atoms with Gasteiger partial charge in [0.1, 0.15) is 11.4 Å². The fourth-order valence-electron chi connectivity index (χ4n) is 1.82. The van der Waals surface area contributed by atoms with Crippen molar-refractivity contribution < 1.29 is 9.53 Å². The Labute approximate surface area is 127 Å². The molecule has 1 heterocycles. The van der Waals surface area contributed by atoms with Crippen LogP contribution in [0.2, 0.25) is 5.28 Å². The zero-order valence-electron chi connectivity index (χ0n) is 11.3. The molecule has 108 valence electrons.